The van der Waals surface area contributed by atoms with Crippen molar-refractivity contribution in [2.45, 2.75) is 50.1 Å². The average molecular weight is 364 g/mol. The molecule has 1 aliphatic carbocycles. The van der Waals surface area contributed by atoms with E-state index in [1.165, 1.54) is 0 Å². The van der Waals surface area contributed by atoms with Gasteiger partial charge in [-0.15, -0.1) is 0 Å². The van der Waals surface area contributed by atoms with Crippen LogP contribution in [0.3, 0.4) is 0 Å². The van der Waals surface area contributed by atoms with Crippen molar-refractivity contribution in [2.75, 3.05) is 0 Å². The molecule has 0 atom stereocenters. The molecule has 0 N–H and O–H groups in total. The summed E-state index contributed by atoms with van der Waals surface area (Å²) in [5, 5.41) is 0.660. The summed E-state index contributed by atoms with van der Waals surface area (Å²) in [5.41, 5.74) is 2.01. The van der Waals surface area contributed by atoms with E-state index in [9.17, 15) is 8.42 Å². The van der Waals surface area contributed by atoms with Gasteiger partial charge in [-0.2, -0.15) is 4.31 Å². The Balaban J connectivity index is 1.94. The SMILES string of the molecule is Cc1ccc(S(=O)(=O)N(Cc2ccc(Cl)cc2)C2CCCC2)cc1. The topological polar surface area (TPSA) is 37.4 Å². The third-order valence-electron chi connectivity index (χ3n) is 4.61. The van der Waals surface area contributed by atoms with Crippen LogP contribution < -0.4 is 0 Å². The van der Waals surface area contributed by atoms with Gasteiger partial charge in [-0.1, -0.05) is 54.3 Å². The lowest BCUT2D eigenvalue weighted by atomic mass is 10.2. The molecule has 1 saturated carbocycles. The molecule has 0 unspecified atom stereocenters. The van der Waals surface area contributed by atoms with Crippen molar-refractivity contribution in [3.05, 3.63) is 64.7 Å². The summed E-state index contributed by atoms with van der Waals surface area (Å²) >= 11 is 5.94. The number of nitrogens with zero attached hydrogens (tertiary/aromatic N) is 1. The average Bonchev–Trinajstić information content (AvgIpc) is 3.08. The summed E-state index contributed by atoms with van der Waals surface area (Å²) in [5.74, 6) is 0. The lowest BCUT2D eigenvalue weighted by Crippen LogP contribution is -2.38. The Hall–Kier alpha value is -1.36. The third-order valence-corrected chi connectivity index (χ3v) is 6.78. The second-order valence-corrected chi connectivity index (χ2v) is 8.76. The van der Waals surface area contributed by atoms with Crippen LogP contribution in [0.1, 0.15) is 36.8 Å². The van der Waals surface area contributed by atoms with Crippen LogP contribution in [0, 0.1) is 6.92 Å². The monoisotopic (exact) mass is 363 g/mol. The summed E-state index contributed by atoms with van der Waals surface area (Å²) in [6.45, 7) is 2.34. The molecule has 1 aliphatic rings. The van der Waals surface area contributed by atoms with Gasteiger partial charge in [0.15, 0.2) is 0 Å². The minimum Gasteiger partial charge on any atom is -0.207 e. The van der Waals surface area contributed by atoms with Gasteiger partial charge in [0.25, 0.3) is 0 Å². The first-order chi connectivity index (χ1) is 11.5. The van der Waals surface area contributed by atoms with Crippen molar-refractivity contribution in [3.8, 4) is 0 Å². The number of halogens is 1. The van der Waals surface area contributed by atoms with Gasteiger partial charge in [0, 0.05) is 17.6 Å². The molecule has 0 amide bonds. The van der Waals surface area contributed by atoms with Gasteiger partial charge in [-0.25, -0.2) is 8.42 Å². The molecule has 0 aliphatic heterocycles. The Kier molecular flexibility index (Phi) is 5.28. The number of hydrogen-bond donors (Lipinski definition) is 0. The Labute approximate surface area is 149 Å². The molecule has 3 nitrogen and oxygen atoms in total. The quantitative estimate of drug-likeness (QED) is 0.766. The maximum Gasteiger partial charge on any atom is 0.243 e. The van der Waals surface area contributed by atoms with Crippen LogP contribution in [-0.4, -0.2) is 18.8 Å². The second-order valence-electron chi connectivity index (χ2n) is 6.43. The fraction of sp³-hybridized carbons (Fsp3) is 0.368. The molecule has 1 fully saturated rings. The van der Waals surface area contributed by atoms with Crippen LogP contribution in [0.5, 0.6) is 0 Å². The molecule has 0 spiro atoms. The first-order valence-electron chi connectivity index (χ1n) is 8.30. The predicted molar refractivity (Wildman–Crippen MR) is 97.6 cm³/mol. The molecular formula is C19H22ClNO2S. The smallest absolute Gasteiger partial charge is 0.207 e. The zero-order chi connectivity index (χ0) is 17.2. The molecule has 2 aromatic carbocycles. The van der Waals surface area contributed by atoms with E-state index in [-0.39, 0.29) is 6.04 Å². The number of sulfonamides is 1. The van der Waals surface area contributed by atoms with Gasteiger partial charge in [0.2, 0.25) is 10.0 Å². The van der Waals surface area contributed by atoms with Gasteiger partial charge in [-0.3, -0.25) is 0 Å². The van der Waals surface area contributed by atoms with Crippen LogP contribution >= 0.6 is 11.6 Å². The van der Waals surface area contributed by atoms with Crippen molar-refractivity contribution in [1.82, 2.24) is 4.31 Å². The molecule has 0 aromatic heterocycles. The third kappa shape index (κ3) is 3.82. The summed E-state index contributed by atoms with van der Waals surface area (Å²) in [7, 11) is -3.51. The van der Waals surface area contributed by atoms with Crippen molar-refractivity contribution in [1.29, 1.82) is 0 Å². The minimum absolute atomic E-state index is 0.0759. The Morgan fingerprint density at radius 3 is 2.17 bits per heavy atom. The van der Waals surface area contributed by atoms with E-state index in [2.05, 4.69) is 0 Å². The van der Waals surface area contributed by atoms with E-state index in [0.29, 0.717) is 16.5 Å². The van der Waals surface area contributed by atoms with Crippen LogP contribution in [0.4, 0.5) is 0 Å². The molecule has 0 bridgehead atoms. The lowest BCUT2D eigenvalue weighted by molar-refractivity contribution is 0.316. The van der Waals surface area contributed by atoms with Crippen molar-refractivity contribution in [2.24, 2.45) is 0 Å². The standard InChI is InChI=1S/C19H22ClNO2S/c1-15-6-12-19(13-7-15)24(22,23)21(18-4-2-3-5-18)14-16-8-10-17(20)11-9-16/h6-13,18H,2-5,14H2,1H3. The van der Waals surface area contributed by atoms with Crippen LogP contribution in [0.15, 0.2) is 53.4 Å². The van der Waals surface area contributed by atoms with Gasteiger partial charge in [-0.05, 0) is 49.6 Å². The van der Waals surface area contributed by atoms with Crippen LogP contribution in [0.2, 0.25) is 5.02 Å². The number of hydrogen-bond acceptors (Lipinski definition) is 2. The zero-order valence-electron chi connectivity index (χ0n) is 13.8. The van der Waals surface area contributed by atoms with Crippen molar-refractivity contribution < 1.29 is 8.42 Å². The molecule has 24 heavy (non-hydrogen) atoms. The summed E-state index contributed by atoms with van der Waals surface area (Å²) in [6, 6.07) is 14.6. The predicted octanol–water partition coefficient (Wildman–Crippen LogP) is 4.78. The highest BCUT2D eigenvalue weighted by Crippen LogP contribution is 2.30. The van der Waals surface area contributed by atoms with Gasteiger partial charge in [0.1, 0.15) is 0 Å². The van der Waals surface area contributed by atoms with Gasteiger partial charge >= 0.3 is 0 Å². The summed E-state index contributed by atoms with van der Waals surface area (Å²) in [6.07, 6.45) is 4.04. The number of aryl methyl sites for hydroxylation is 1. The zero-order valence-corrected chi connectivity index (χ0v) is 15.4. The van der Waals surface area contributed by atoms with Gasteiger partial charge in [0.05, 0.1) is 4.90 Å². The molecule has 128 valence electrons. The van der Waals surface area contributed by atoms with E-state index >= 15 is 0 Å². The first-order valence-corrected chi connectivity index (χ1v) is 10.1. The van der Waals surface area contributed by atoms with E-state index in [0.717, 1.165) is 36.8 Å². The van der Waals surface area contributed by atoms with Crippen molar-refractivity contribution >= 4 is 21.6 Å². The highest BCUT2D eigenvalue weighted by Gasteiger charge is 2.33. The largest absolute Gasteiger partial charge is 0.243 e. The molecule has 0 saturated heterocycles. The molecule has 0 radical (unpaired) electrons. The maximum atomic E-state index is 13.2. The van der Waals surface area contributed by atoms with Crippen molar-refractivity contribution in [3.63, 3.8) is 0 Å². The van der Waals surface area contributed by atoms with E-state index < -0.39 is 10.0 Å². The van der Waals surface area contributed by atoms with E-state index in [4.69, 9.17) is 11.6 Å². The van der Waals surface area contributed by atoms with E-state index in [1.54, 1.807) is 16.4 Å². The first kappa shape index (κ1) is 17.5. The Bertz CT molecular complexity index is 779. The summed E-state index contributed by atoms with van der Waals surface area (Å²) < 4.78 is 28.1. The maximum absolute atomic E-state index is 13.2. The highest BCUT2D eigenvalue weighted by atomic mass is 35.5. The molecule has 3 rings (SSSR count). The normalized spacial score (nSPS) is 16.0. The highest BCUT2D eigenvalue weighted by molar-refractivity contribution is 7.89. The van der Waals surface area contributed by atoms with Crippen LogP contribution in [0.25, 0.3) is 0 Å². The molecule has 0 heterocycles. The molecule has 5 heteroatoms. The lowest BCUT2D eigenvalue weighted by Gasteiger charge is -2.28. The van der Waals surface area contributed by atoms with Gasteiger partial charge < -0.3 is 0 Å². The molecule has 2 aromatic rings. The number of rotatable bonds is 5. The Morgan fingerprint density at radius 1 is 1.00 bits per heavy atom. The summed E-state index contributed by atoms with van der Waals surface area (Å²) in [4.78, 5) is 0.369. The molecular weight excluding hydrogens is 342 g/mol. The fourth-order valence-electron chi connectivity index (χ4n) is 3.22. The minimum atomic E-state index is -3.51. The van der Waals surface area contributed by atoms with Crippen LogP contribution in [-0.2, 0) is 16.6 Å². The fourth-order valence-corrected chi connectivity index (χ4v) is 5.02. The Morgan fingerprint density at radius 2 is 1.58 bits per heavy atom. The second kappa shape index (κ2) is 7.26. The van der Waals surface area contributed by atoms with E-state index in [1.807, 2.05) is 43.3 Å². The number of benzene rings is 2.